The quantitative estimate of drug-likeness (QED) is 0.220. The Morgan fingerprint density at radius 3 is 2.86 bits per heavy atom. The SMILES string of the molecule is CCCC1OC1CNc1cccc(-c2nc(Nc3ccc4[nH]ncc4c3)c3cc(O)ccc3n2)c1. The summed E-state index contributed by atoms with van der Waals surface area (Å²) in [5.74, 6) is 1.39. The minimum atomic E-state index is 0.164. The van der Waals surface area contributed by atoms with Gasteiger partial charge in [0.2, 0.25) is 0 Å². The number of epoxide rings is 1. The Labute approximate surface area is 202 Å². The minimum absolute atomic E-state index is 0.164. The fourth-order valence-corrected chi connectivity index (χ4v) is 4.38. The molecule has 1 fully saturated rings. The van der Waals surface area contributed by atoms with Gasteiger partial charge >= 0.3 is 0 Å². The van der Waals surface area contributed by atoms with E-state index in [1.807, 2.05) is 36.4 Å². The van der Waals surface area contributed by atoms with Crippen molar-refractivity contribution in [1.82, 2.24) is 20.2 Å². The molecule has 0 bridgehead atoms. The van der Waals surface area contributed by atoms with E-state index in [0.717, 1.165) is 58.1 Å². The normalized spacial score (nSPS) is 17.1. The minimum Gasteiger partial charge on any atom is -0.508 e. The first-order valence-corrected chi connectivity index (χ1v) is 11.9. The molecule has 4 N–H and O–H groups in total. The number of fused-ring (bicyclic) bond motifs is 2. The first-order valence-electron chi connectivity index (χ1n) is 11.9. The Kier molecular flexibility index (Phi) is 5.42. The molecule has 0 radical (unpaired) electrons. The van der Waals surface area contributed by atoms with Crippen LogP contribution in [0.4, 0.5) is 17.2 Å². The molecule has 1 saturated heterocycles. The monoisotopic (exact) mass is 466 g/mol. The van der Waals surface area contributed by atoms with Gasteiger partial charge in [-0.25, -0.2) is 9.97 Å². The van der Waals surface area contributed by atoms with Crippen molar-refractivity contribution in [2.75, 3.05) is 17.2 Å². The number of anilines is 3. The number of hydrogen-bond acceptors (Lipinski definition) is 7. The van der Waals surface area contributed by atoms with Gasteiger partial charge in [-0.1, -0.05) is 25.5 Å². The van der Waals surface area contributed by atoms with E-state index in [4.69, 9.17) is 14.7 Å². The largest absolute Gasteiger partial charge is 0.508 e. The fourth-order valence-electron chi connectivity index (χ4n) is 4.38. The Morgan fingerprint density at radius 2 is 1.94 bits per heavy atom. The van der Waals surface area contributed by atoms with Crippen LogP contribution in [-0.4, -0.2) is 44.0 Å². The lowest BCUT2D eigenvalue weighted by atomic mass is 10.1. The Morgan fingerprint density at radius 1 is 1.00 bits per heavy atom. The van der Waals surface area contributed by atoms with E-state index in [9.17, 15) is 5.11 Å². The number of benzene rings is 3. The number of nitrogens with zero attached hydrogens (tertiary/aromatic N) is 3. The van der Waals surface area contributed by atoms with Crippen LogP contribution in [0.5, 0.6) is 5.75 Å². The highest BCUT2D eigenvalue weighted by molar-refractivity contribution is 5.94. The van der Waals surface area contributed by atoms with Crippen LogP contribution in [-0.2, 0) is 4.74 Å². The van der Waals surface area contributed by atoms with E-state index >= 15 is 0 Å². The van der Waals surface area contributed by atoms with Gasteiger partial charge in [-0.05, 0) is 55.0 Å². The van der Waals surface area contributed by atoms with Crippen LogP contribution < -0.4 is 10.6 Å². The lowest BCUT2D eigenvalue weighted by Crippen LogP contribution is -2.10. The predicted octanol–water partition coefficient (Wildman–Crippen LogP) is 5.60. The molecule has 1 aliphatic heterocycles. The van der Waals surface area contributed by atoms with E-state index in [0.29, 0.717) is 17.7 Å². The van der Waals surface area contributed by atoms with Crippen LogP contribution in [0.2, 0.25) is 0 Å². The highest BCUT2D eigenvalue weighted by atomic mass is 16.6. The molecule has 8 heteroatoms. The summed E-state index contributed by atoms with van der Waals surface area (Å²) in [4.78, 5) is 9.64. The molecule has 2 atom stereocenters. The number of H-pyrrole nitrogens is 1. The molecule has 2 unspecified atom stereocenters. The maximum Gasteiger partial charge on any atom is 0.162 e. The summed E-state index contributed by atoms with van der Waals surface area (Å²) in [7, 11) is 0. The maximum absolute atomic E-state index is 10.1. The van der Waals surface area contributed by atoms with Crippen molar-refractivity contribution < 1.29 is 9.84 Å². The number of phenolic OH excluding ortho intramolecular Hbond substituents is 1. The number of aromatic nitrogens is 4. The molecule has 0 saturated carbocycles. The number of ether oxygens (including phenoxy) is 1. The van der Waals surface area contributed by atoms with Crippen molar-refractivity contribution >= 4 is 39.0 Å². The molecule has 0 spiro atoms. The van der Waals surface area contributed by atoms with Gasteiger partial charge < -0.3 is 20.5 Å². The lowest BCUT2D eigenvalue weighted by Gasteiger charge is -2.12. The van der Waals surface area contributed by atoms with Crippen LogP contribution in [0, 0.1) is 0 Å². The summed E-state index contributed by atoms with van der Waals surface area (Å²) in [6.07, 6.45) is 4.69. The molecule has 6 rings (SSSR count). The number of aromatic amines is 1. The van der Waals surface area contributed by atoms with Crippen molar-refractivity contribution in [2.24, 2.45) is 0 Å². The second kappa shape index (κ2) is 8.88. The average molecular weight is 467 g/mol. The van der Waals surface area contributed by atoms with E-state index in [2.05, 4.69) is 33.8 Å². The molecule has 1 aliphatic rings. The smallest absolute Gasteiger partial charge is 0.162 e. The molecule has 0 amide bonds. The Balaban J connectivity index is 1.32. The summed E-state index contributed by atoms with van der Waals surface area (Å²) in [6, 6.07) is 19.2. The third-order valence-electron chi connectivity index (χ3n) is 6.27. The second-order valence-corrected chi connectivity index (χ2v) is 8.86. The number of aromatic hydroxyl groups is 1. The third kappa shape index (κ3) is 4.48. The number of hydrogen-bond donors (Lipinski definition) is 4. The topological polar surface area (TPSA) is 111 Å². The van der Waals surface area contributed by atoms with Crippen molar-refractivity contribution in [1.29, 1.82) is 0 Å². The summed E-state index contributed by atoms with van der Waals surface area (Å²) in [6.45, 7) is 2.97. The fraction of sp³-hybridized carbons (Fsp3) is 0.222. The van der Waals surface area contributed by atoms with Gasteiger partial charge in [0.1, 0.15) is 17.7 Å². The van der Waals surface area contributed by atoms with Gasteiger partial charge in [-0.2, -0.15) is 5.10 Å². The third-order valence-corrected chi connectivity index (χ3v) is 6.27. The summed E-state index contributed by atoms with van der Waals surface area (Å²) >= 11 is 0. The van der Waals surface area contributed by atoms with Crippen LogP contribution in [0.15, 0.2) is 66.9 Å². The Hall–Kier alpha value is -4.17. The van der Waals surface area contributed by atoms with Gasteiger partial charge in [-0.15, -0.1) is 0 Å². The first kappa shape index (κ1) is 21.4. The molecular formula is C27H26N6O2. The Bertz CT molecular complexity index is 1510. The van der Waals surface area contributed by atoms with E-state index in [1.165, 1.54) is 0 Å². The van der Waals surface area contributed by atoms with Gasteiger partial charge in [0.15, 0.2) is 5.82 Å². The molecule has 0 aliphatic carbocycles. The summed E-state index contributed by atoms with van der Waals surface area (Å²) < 4.78 is 5.72. The molecular weight excluding hydrogens is 440 g/mol. The molecule has 176 valence electrons. The van der Waals surface area contributed by atoms with E-state index in [-0.39, 0.29) is 11.9 Å². The van der Waals surface area contributed by atoms with Crippen molar-refractivity contribution in [3.63, 3.8) is 0 Å². The average Bonchev–Trinajstić information content (AvgIpc) is 3.44. The van der Waals surface area contributed by atoms with E-state index in [1.54, 1.807) is 24.4 Å². The van der Waals surface area contributed by atoms with Gasteiger partial charge in [-0.3, -0.25) is 5.10 Å². The first-order chi connectivity index (χ1) is 17.2. The summed E-state index contributed by atoms with van der Waals surface area (Å²) in [5, 5.41) is 25.8. The second-order valence-electron chi connectivity index (χ2n) is 8.86. The van der Waals surface area contributed by atoms with Gasteiger partial charge in [0.25, 0.3) is 0 Å². The zero-order chi connectivity index (χ0) is 23.8. The van der Waals surface area contributed by atoms with Crippen LogP contribution >= 0.6 is 0 Å². The van der Waals surface area contributed by atoms with Gasteiger partial charge in [0.05, 0.1) is 23.3 Å². The molecule has 2 aromatic heterocycles. The molecule has 5 aromatic rings. The molecule has 35 heavy (non-hydrogen) atoms. The van der Waals surface area contributed by atoms with Crippen molar-refractivity contribution in [2.45, 2.75) is 32.0 Å². The van der Waals surface area contributed by atoms with Gasteiger partial charge in [0, 0.05) is 34.3 Å². The lowest BCUT2D eigenvalue weighted by molar-refractivity contribution is 0.366. The zero-order valence-electron chi connectivity index (χ0n) is 19.3. The molecule has 3 heterocycles. The highest BCUT2D eigenvalue weighted by Gasteiger charge is 2.37. The van der Waals surface area contributed by atoms with Crippen LogP contribution in [0.3, 0.4) is 0 Å². The number of nitrogens with one attached hydrogen (secondary N) is 3. The molecule has 8 nitrogen and oxygen atoms in total. The number of phenols is 1. The maximum atomic E-state index is 10.1. The molecule has 3 aromatic carbocycles. The van der Waals surface area contributed by atoms with E-state index < -0.39 is 0 Å². The zero-order valence-corrected chi connectivity index (χ0v) is 19.3. The summed E-state index contributed by atoms with van der Waals surface area (Å²) in [5.41, 5.74) is 4.48. The van der Waals surface area contributed by atoms with Crippen molar-refractivity contribution in [3.05, 3.63) is 66.9 Å². The van der Waals surface area contributed by atoms with Crippen molar-refractivity contribution in [3.8, 4) is 17.1 Å². The predicted molar refractivity (Wildman–Crippen MR) is 138 cm³/mol. The van der Waals surface area contributed by atoms with Crippen LogP contribution in [0.25, 0.3) is 33.2 Å². The number of rotatable bonds is 8. The highest BCUT2D eigenvalue weighted by Crippen LogP contribution is 2.32. The standard InChI is InChI=1S/C27H26N6O2/c1-2-4-24-25(35-24)15-28-18-6-3-5-16(11-18)26-31-23-10-8-20(34)13-21(23)27(32-26)30-19-7-9-22-17(12-19)14-29-33-22/h3,5-14,24-25,28,34H,2,4,15H2,1H3,(H,29,33)(H,30,31,32). The van der Waals surface area contributed by atoms with Crippen LogP contribution in [0.1, 0.15) is 19.8 Å².